The smallest absolute Gasteiger partial charge is 0.206 e. The minimum absolute atomic E-state index is 0.420. The first-order valence-corrected chi connectivity index (χ1v) is 7.66. The lowest BCUT2D eigenvalue weighted by atomic mass is 10.3. The standard InChI is InChI=1S/C10H10N4S3/c11-4-7-16-10-14-13-9(17-10)12-5-3-8-2-1-6-15-8/h1-2,6H,3,5,7H2,(H,12,13). The Kier molecular flexibility index (Phi) is 4.79. The van der Waals surface area contributed by atoms with E-state index in [1.165, 1.54) is 28.0 Å². The van der Waals surface area contributed by atoms with Gasteiger partial charge in [-0.05, 0) is 17.9 Å². The van der Waals surface area contributed by atoms with Gasteiger partial charge in [-0.15, -0.1) is 21.5 Å². The molecule has 0 aliphatic carbocycles. The van der Waals surface area contributed by atoms with Crippen LogP contribution in [-0.4, -0.2) is 22.5 Å². The van der Waals surface area contributed by atoms with Gasteiger partial charge in [0.25, 0.3) is 0 Å². The summed E-state index contributed by atoms with van der Waals surface area (Å²) in [7, 11) is 0. The summed E-state index contributed by atoms with van der Waals surface area (Å²) >= 11 is 4.67. The summed E-state index contributed by atoms with van der Waals surface area (Å²) in [5, 5.41) is 22.6. The molecule has 0 bridgehead atoms. The molecule has 4 nitrogen and oxygen atoms in total. The number of nitriles is 1. The van der Waals surface area contributed by atoms with Gasteiger partial charge in [-0.25, -0.2) is 0 Å². The maximum absolute atomic E-state index is 8.45. The van der Waals surface area contributed by atoms with E-state index in [-0.39, 0.29) is 0 Å². The van der Waals surface area contributed by atoms with Crippen LogP contribution in [0.4, 0.5) is 5.13 Å². The van der Waals surface area contributed by atoms with Gasteiger partial charge < -0.3 is 5.32 Å². The van der Waals surface area contributed by atoms with Crippen molar-refractivity contribution in [3.63, 3.8) is 0 Å². The van der Waals surface area contributed by atoms with Gasteiger partial charge in [-0.3, -0.25) is 0 Å². The molecular formula is C10H10N4S3. The molecule has 0 atom stereocenters. The zero-order valence-corrected chi connectivity index (χ0v) is 11.4. The largest absolute Gasteiger partial charge is 0.360 e. The van der Waals surface area contributed by atoms with Gasteiger partial charge in [-0.1, -0.05) is 29.2 Å². The van der Waals surface area contributed by atoms with E-state index in [0.717, 1.165) is 22.4 Å². The second kappa shape index (κ2) is 6.59. The molecule has 0 saturated carbocycles. The minimum Gasteiger partial charge on any atom is -0.360 e. The van der Waals surface area contributed by atoms with Crippen molar-refractivity contribution in [2.45, 2.75) is 10.8 Å². The number of rotatable bonds is 6. The van der Waals surface area contributed by atoms with Gasteiger partial charge in [-0.2, -0.15) is 5.26 Å². The maximum Gasteiger partial charge on any atom is 0.206 e. The number of hydrogen-bond acceptors (Lipinski definition) is 7. The van der Waals surface area contributed by atoms with E-state index in [0.29, 0.717) is 5.75 Å². The van der Waals surface area contributed by atoms with Crippen LogP contribution < -0.4 is 5.32 Å². The molecule has 0 aliphatic heterocycles. The van der Waals surface area contributed by atoms with Crippen molar-refractivity contribution in [2.75, 3.05) is 17.6 Å². The Labute approximate surface area is 112 Å². The highest BCUT2D eigenvalue weighted by Gasteiger charge is 2.03. The Morgan fingerprint density at radius 1 is 1.47 bits per heavy atom. The van der Waals surface area contributed by atoms with Crippen LogP contribution in [0.1, 0.15) is 4.88 Å². The molecule has 7 heteroatoms. The van der Waals surface area contributed by atoms with Crippen molar-refractivity contribution in [3.05, 3.63) is 22.4 Å². The van der Waals surface area contributed by atoms with Gasteiger partial charge >= 0.3 is 0 Å². The molecular weight excluding hydrogens is 272 g/mol. The summed E-state index contributed by atoms with van der Waals surface area (Å²) in [5.41, 5.74) is 0. The molecule has 2 aromatic rings. The normalized spacial score (nSPS) is 10.1. The highest BCUT2D eigenvalue weighted by atomic mass is 32.2. The summed E-state index contributed by atoms with van der Waals surface area (Å²) < 4.78 is 0.838. The monoisotopic (exact) mass is 282 g/mol. The lowest BCUT2D eigenvalue weighted by Gasteiger charge is -1.98. The molecule has 1 N–H and O–H groups in total. The molecule has 0 fully saturated rings. The zero-order valence-electron chi connectivity index (χ0n) is 8.92. The van der Waals surface area contributed by atoms with Crippen molar-refractivity contribution in [3.8, 4) is 6.07 Å². The summed E-state index contributed by atoms with van der Waals surface area (Å²) in [6, 6.07) is 6.25. The number of thiophene rings is 1. The molecule has 2 rings (SSSR count). The Bertz CT molecular complexity index is 486. The number of aromatic nitrogens is 2. The molecule has 0 aliphatic rings. The third-order valence-corrected chi connectivity index (χ3v) is 4.71. The summed E-state index contributed by atoms with van der Waals surface area (Å²) in [6.07, 6.45) is 0.998. The first-order chi connectivity index (χ1) is 8.38. The van der Waals surface area contributed by atoms with Gasteiger partial charge in [0.1, 0.15) is 0 Å². The third kappa shape index (κ3) is 4.00. The average molecular weight is 282 g/mol. The number of anilines is 1. The predicted molar refractivity (Wildman–Crippen MR) is 72.8 cm³/mol. The lowest BCUT2D eigenvalue weighted by Crippen LogP contribution is -2.03. The SMILES string of the molecule is N#CCSc1nnc(NCCc2cccs2)s1. The van der Waals surface area contributed by atoms with Gasteiger partial charge in [0.2, 0.25) is 5.13 Å². The molecule has 17 heavy (non-hydrogen) atoms. The molecule has 0 aromatic carbocycles. The van der Waals surface area contributed by atoms with Crippen LogP contribution in [-0.2, 0) is 6.42 Å². The van der Waals surface area contributed by atoms with Crippen LogP contribution >= 0.6 is 34.4 Å². The van der Waals surface area contributed by atoms with E-state index in [9.17, 15) is 0 Å². The molecule has 88 valence electrons. The Hall–Kier alpha value is -1.10. The van der Waals surface area contributed by atoms with Gasteiger partial charge in [0.05, 0.1) is 11.8 Å². The van der Waals surface area contributed by atoms with E-state index in [4.69, 9.17) is 5.26 Å². The zero-order chi connectivity index (χ0) is 11.9. The van der Waals surface area contributed by atoms with Crippen LogP contribution in [0.15, 0.2) is 21.9 Å². The van der Waals surface area contributed by atoms with Gasteiger partial charge in [0.15, 0.2) is 4.34 Å². The number of hydrogen-bond donors (Lipinski definition) is 1. The van der Waals surface area contributed by atoms with Gasteiger partial charge in [0, 0.05) is 11.4 Å². The van der Waals surface area contributed by atoms with Crippen molar-refractivity contribution in [1.82, 2.24) is 10.2 Å². The van der Waals surface area contributed by atoms with Crippen molar-refractivity contribution >= 4 is 39.6 Å². The highest BCUT2D eigenvalue weighted by molar-refractivity contribution is 8.01. The second-order valence-electron chi connectivity index (χ2n) is 3.08. The number of nitrogens with one attached hydrogen (secondary N) is 1. The summed E-state index contributed by atoms with van der Waals surface area (Å²) in [6.45, 7) is 0.859. The van der Waals surface area contributed by atoms with Crippen molar-refractivity contribution in [1.29, 1.82) is 5.26 Å². The molecule has 0 radical (unpaired) electrons. The fourth-order valence-electron chi connectivity index (χ4n) is 1.18. The fraction of sp³-hybridized carbons (Fsp3) is 0.300. The Morgan fingerprint density at radius 3 is 3.18 bits per heavy atom. The topological polar surface area (TPSA) is 61.6 Å². The summed E-state index contributed by atoms with van der Waals surface area (Å²) in [4.78, 5) is 1.36. The summed E-state index contributed by atoms with van der Waals surface area (Å²) in [5.74, 6) is 0.420. The van der Waals surface area contributed by atoms with Crippen LogP contribution in [0.2, 0.25) is 0 Å². The Morgan fingerprint density at radius 2 is 2.41 bits per heavy atom. The molecule has 2 heterocycles. The van der Waals surface area contributed by atoms with E-state index in [1.807, 2.05) is 0 Å². The molecule has 2 aromatic heterocycles. The van der Waals surface area contributed by atoms with Crippen LogP contribution in [0, 0.1) is 11.3 Å². The first kappa shape index (κ1) is 12.4. The number of nitrogens with zero attached hydrogens (tertiary/aromatic N) is 3. The van der Waals surface area contributed by atoms with E-state index >= 15 is 0 Å². The predicted octanol–water partition coefficient (Wildman–Crippen LogP) is 2.87. The highest BCUT2D eigenvalue weighted by Crippen LogP contribution is 2.24. The van der Waals surface area contributed by atoms with Crippen molar-refractivity contribution < 1.29 is 0 Å². The fourth-order valence-corrected chi connectivity index (χ4v) is 3.33. The molecule has 0 amide bonds. The lowest BCUT2D eigenvalue weighted by molar-refractivity contribution is 0.981. The minimum atomic E-state index is 0.420. The third-order valence-electron chi connectivity index (χ3n) is 1.89. The van der Waals surface area contributed by atoms with Crippen molar-refractivity contribution in [2.24, 2.45) is 0 Å². The second-order valence-corrected chi connectivity index (χ2v) is 6.31. The number of thioether (sulfide) groups is 1. The molecule has 0 saturated heterocycles. The quantitative estimate of drug-likeness (QED) is 0.825. The Balaban J connectivity index is 1.75. The molecule has 0 spiro atoms. The van der Waals surface area contributed by atoms with E-state index < -0.39 is 0 Å². The van der Waals surface area contributed by atoms with Crippen LogP contribution in [0.3, 0.4) is 0 Å². The average Bonchev–Trinajstić information content (AvgIpc) is 2.98. The van der Waals surface area contributed by atoms with E-state index in [2.05, 4.69) is 39.1 Å². The van der Waals surface area contributed by atoms with Crippen LogP contribution in [0.5, 0.6) is 0 Å². The van der Waals surface area contributed by atoms with Crippen LogP contribution in [0.25, 0.3) is 0 Å². The van der Waals surface area contributed by atoms with E-state index in [1.54, 1.807) is 11.3 Å². The maximum atomic E-state index is 8.45. The molecule has 0 unspecified atom stereocenters. The first-order valence-electron chi connectivity index (χ1n) is 4.98.